The summed E-state index contributed by atoms with van der Waals surface area (Å²) in [7, 11) is 0. The lowest BCUT2D eigenvalue weighted by atomic mass is 9.43. The quantitative estimate of drug-likeness (QED) is 0.632. The molecule has 0 aromatic rings. The molecule has 138 valence electrons. The number of hydrogen-bond donors (Lipinski definition) is 3. The number of carboxylic acids is 1. The number of hydrogen-bond acceptors (Lipinski definition) is 4. The SMILES string of the molecule is CC1C(=O)C23CCC4C(C)(C(=O)O)CCC(O)C4(C)C2=CCC1(O)C3. The van der Waals surface area contributed by atoms with E-state index >= 15 is 0 Å². The van der Waals surface area contributed by atoms with E-state index in [2.05, 4.69) is 0 Å². The van der Waals surface area contributed by atoms with E-state index in [-0.39, 0.29) is 11.7 Å². The van der Waals surface area contributed by atoms with Crippen LogP contribution in [-0.4, -0.2) is 38.8 Å². The number of carboxylic acid groups (broad SMARTS) is 1. The van der Waals surface area contributed by atoms with Crippen molar-refractivity contribution in [2.24, 2.45) is 28.1 Å². The molecule has 3 saturated carbocycles. The van der Waals surface area contributed by atoms with Crippen LogP contribution < -0.4 is 0 Å². The number of aliphatic hydroxyl groups is 2. The van der Waals surface area contributed by atoms with Crippen LogP contribution in [0, 0.1) is 28.1 Å². The fourth-order valence-electron chi connectivity index (χ4n) is 6.89. The summed E-state index contributed by atoms with van der Waals surface area (Å²) in [6, 6.07) is 0. The Morgan fingerprint density at radius 1 is 1.24 bits per heavy atom. The van der Waals surface area contributed by atoms with Crippen molar-refractivity contribution in [3.8, 4) is 0 Å². The van der Waals surface area contributed by atoms with Crippen LogP contribution in [0.3, 0.4) is 0 Å². The fourth-order valence-corrected chi connectivity index (χ4v) is 6.89. The molecule has 7 atom stereocenters. The van der Waals surface area contributed by atoms with Crippen LogP contribution in [0.15, 0.2) is 11.6 Å². The summed E-state index contributed by atoms with van der Waals surface area (Å²) in [5.41, 5.74) is -2.40. The summed E-state index contributed by atoms with van der Waals surface area (Å²) in [4.78, 5) is 25.2. The molecular formula is C20H28O5. The van der Waals surface area contributed by atoms with E-state index < -0.39 is 39.8 Å². The predicted octanol–water partition coefficient (Wildman–Crippen LogP) is 2.30. The van der Waals surface area contributed by atoms with Crippen molar-refractivity contribution < 1.29 is 24.9 Å². The molecule has 0 aliphatic heterocycles. The summed E-state index contributed by atoms with van der Waals surface area (Å²) in [6.07, 6.45) is 4.22. The Morgan fingerprint density at radius 3 is 2.56 bits per heavy atom. The molecule has 5 heteroatoms. The highest BCUT2D eigenvalue weighted by Gasteiger charge is 2.70. The second-order valence-electron chi connectivity index (χ2n) is 9.42. The van der Waals surface area contributed by atoms with Crippen molar-refractivity contribution >= 4 is 11.8 Å². The number of Topliss-reactive ketones (excluding diaryl/α,β-unsaturated/α-hetero) is 1. The molecule has 0 radical (unpaired) electrons. The first kappa shape index (κ1) is 17.2. The van der Waals surface area contributed by atoms with E-state index in [0.717, 1.165) is 5.57 Å². The van der Waals surface area contributed by atoms with E-state index in [1.807, 2.05) is 13.0 Å². The van der Waals surface area contributed by atoms with Gasteiger partial charge in [0, 0.05) is 11.3 Å². The minimum Gasteiger partial charge on any atom is -0.481 e. The normalized spacial score (nSPS) is 54.5. The van der Waals surface area contributed by atoms with Crippen molar-refractivity contribution in [3.05, 3.63) is 11.6 Å². The summed E-state index contributed by atoms with van der Waals surface area (Å²) >= 11 is 0. The van der Waals surface area contributed by atoms with Gasteiger partial charge in [0.15, 0.2) is 0 Å². The van der Waals surface area contributed by atoms with Gasteiger partial charge in [-0.1, -0.05) is 25.5 Å². The Morgan fingerprint density at radius 2 is 1.92 bits per heavy atom. The molecular weight excluding hydrogens is 320 g/mol. The molecule has 5 nitrogen and oxygen atoms in total. The molecule has 4 rings (SSSR count). The van der Waals surface area contributed by atoms with Crippen molar-refractivity contribution in [3.63, 3.8) is 0 Å². The maximum absolute atomic E-state index is 13.2. The van der Waals surface area contributed by atoms with Gasteiger partial charge in [-0.05, 0) is 51.4 Å². The lowest BCUT2D eigenvalue weighted by Crippen LogP contribution is -2.61. The van der Waals surface area contributed by atoms with Gasteiger partial charge in [-0.3, -0.25) is 9.59 Å². The van der Waals surface area contributed by atoms with E-state index in [4.69, 9.17) is 0 Å². The standard InChI is InChI=1S/C20H28O5/c1-11-15(22)19-8-4-12-17(2,16(23)24)7-6-14(21)18(12,3)13(19)5-9-20(11,25)10-19/h5,11-12,14,21,25H,4,6-10H2,1-3H3,(H,23,24). The van der Waals surface area contributed by atoms with Gasteiger partial charge in [0.05, 0.1) is 22.5 Å². The number of fused-ring (bicyclic) bond motifs is 3. The summed E-state index contributed by atoms with van der Waals surface area (Å²) in [5.74, 6) is -1.35. The van der Waals surface area contributed by atoms with Gasteiger partial charge in [0.25, 0.3) is 0 Å². The zero-order valence-electron chi connectivity index (χ0n) is 15.2. The Kier molecular flexibility index (Phi) is 3.27. The van der Waals surface area contributed by atoms with E-state index in [1.54, 1.807) is 13.8 Å². The van der Waals surface area contributed by atoms with Crippen molar-refractivity contribution in [2.45, 2.75) is 71.0 Å². The number of carbonyl (C=O) groups is 2. The first-order valence-corrected chi connectivity index (χ1v) is 9.42. The first-order valence-electron chi connectivity index (χ1n) is 9.42. The van der Waals surface area contributed by atoms with Gasteiger partial charge in [-0.2, -0.15) is 0 Å². The third kappa shape index (κ3) is 1.76. The number of aliphatic carboxylic acids is 1. The molecule has 0 saturated heterocycles. The summed E-state index contributed by atoms with van der Waals surface area (Å²) in [5, 5.41) is 31.7. The summed E-state index contributed by atoms with van der Waals surface area (Å²) in [6.45, 7) is 5.55. The van der Waals surface area contributed by atoms with Crippen LogP contribution in [0.2, 0.25) is 0 Å². The number of ketones is 1. The second-order valence-corrected chi connectivity index (χ2v) is 9.42. The van der Waals surface area contributed by atoms with Crippen LogP contribution in [0.5, 0.6) is 0 Å². The lowest BCUT2D eigenvalue weighted by Gasteiger charge is -2.61. The van der Waals surface area contributed by atoms with E-state index in [0.29, 0.717) is 38.5 Å². The summed E-state index contributed by atoms with van der Waals surface area (Å²) < 4.78 is 0. The monoisotopic (exact) mass is 348 g/mol. The number of rotatable bonds is 1. The maximum Gasteiger partial charge on any atom is 0.309 e. The highest BCUT2D eigenvalue weighted by atomic mass is 16.4. The van der Waals surface area contributed by atoms with Gasteiger partial charge in [-0.15, -0.1) is 0 Å². The zero-order chi connectivity index (χ0) is 18.4. The largest absolute Gasteiger partial charge is 0.481 e. The molecule has 4 aliphatic rings. The maximum atomic E-state index is 13.2. The van der Waals surface area contributed by atoms with Gasteiger partial charge in [-0.25, -0.2) is 0 Å². The molecule has 7 unspecified atom stereocenters. The first-order chi connectivity index (χ1) is 11.5. The third-order valence-electron chi connectivity index (χ3n) is 8.51. The second kappa shape index (κ2) is 4.74. The van der Waals surface area contributed by atoms with Crippen molar-refractivity contribution in [2.75, 3.05) is 0 Å². The van der Waals surface area contributed by atoms with E-state index in [9.17, 15) is 24.9 Å². The van der Waals surface area contributed by atoms with Gasteiger partial charge in [0.1, 0.15) is 5.78 Å². The molecule has 0 aromatic carbocycles. The highest BCUT2D eigenvalue weighted by molar-refractivity contribution is 5.95. The van der Waals surface area contributed by atoms with Gasteiger partial charge < -0.3 is 15.3 Å². The Bertz CT molecular complexity index is 698. The molecule has 0 heterocycles. The predicted molar refractivity (Wildman–Crippen MR) is 90.7 cm³/mol. The van der Waals surface area contributed by atoms with Gasteiger partial charge >= 0.3 is 5.97 Å². The highest BCUT2D eigenvalue weighted by Crippen LogP contribution is 2.70. The Balaban J connectivity index is 1.88. The molecule has 3 N–H and O–H groups in total. The lowest BCUT2D eigenvalue weighted by molar-refractivity contribution is -0.172. The van der Waals surface area contributed by atoms with Crippen LogP contribution in [0.1, 0.15) is 59.3 Å². The molecule has 25 heavy (non-hydrogen) atoms. The van der Waals surface area contributed by atoms with Crippen LogP contribution in [0.4, 0.5) is 0 Å². The number of aliphatic hydroxyl groups excluding tert-OH is 1. The topological polar surface area (TPSA) is 94.8 Å². The molecule has 3 fully saturated rings. The third-order valence-corrected chi connectivity index (χ3v) is 8.51. The Labute approximate surface area is 148 Å². The molecule has 2 bridgehead atoms. The number of carbonyl (C=O) groups excluding carboxylic acids is 1. The molecule has 0 aromatic heterocycles. The Hall–Kier alpha value is -1.20. The van der Waals surface area contributed by atoms with Crippen LogP contribution in [-0.2, 0) is 9.59 Å². The average molecular weight is 348 g/mol. The fraction of sp³-hybridized carbons (Fsp3) is 0.800. The van der Waals surface area contributed by atoms with E-state index in [1.165, 1.54) is 0 Å². The van der Waals surface area contributed by atoms with Crippen LogP contribution >= 0.6 is 0 Å². The smallest absolute Gasteiger partial charge is 0.309 e. The minimum atomic E-state index is -0.987. The molecule has 0 amide bonds. The molecule has 4 aliphatic carbocycles. The van der Waals surface area contributed by atoms with Crippen molar-refractivity contribution in [1.29, 1.82) is 0 Å². The average Bonchev–Trinajstić information content (AvgIpc) is 2.69. The minimum absolute atomic E-state index is 0.0771. The zero-order valence-corrected chi connectivity index (χ0v) is 15.2. The van der Waals surface area contributed by atoms with Gasteiger partial charge in [0.2, 0.25) is 0 Å². The molecule has 1 spiro atoms. The van der Waals surface area contributed by atoms with Crippen molar-refractivity contribution in [1.82, 2.24) is 0 Å². The van der Waals surface area contributed by atoms with Crippen LogP contribution in [0.25, 0.3) is 0 Å².